The number of nitrogen functional groups attached to an aromatic ring is 1. The second kappa shape index (κ2) is 15.6. The topological polar surface area (TPSA) is 76.8 Å². The first-order valence-electron chi connectivity index (χ1n) is 13.2. The number of allylic oxidation sites excluding steroid dienone is 1. The van der Waals surface area contributed by atoms with Crippen LogP contribution in [0.5, 0.6) is 5.75 Å². The number of ether oxygens (including phenoxy) is 1. The molecular weight excluding hydrogens is 462 g/mol. The van der Waals surface area contributed by atoms with Gasteiger partial charge in [-0.05, 0) is 51.5 Å². The lowest BCUT2D eigenvalue weighted by Crippen LogP contribution is -2.27. The molecule has 37 heavy (non-hydrogen) atoms. The molecule has 0 saturated heterocycles. The van der Waals surface area contributed by atoms with E-state index in [2.05, 4.69) is 43.0 Å². The Morgan fingerprint density at radius 1 is 1.14 bits per heavy atom. The van der Waals surface area contributed by atoms with E-state index >= 15 is 0 Å². The first kappa shape index (κ1) is 29.8. The molecule has 1 unspecified atom stereocenters. The first-order valence-corrected chi connectivity index (χ1v) is 13.2. The SMILES string of the molecule is CCCCCCC(C)ONC(=O)CCC#Cc1cc(N(C)C(=C(C)C)c2ccccc2N)ccc1OC. The van der Waals surface area contributed by atoms with Crippen LogP contribution in [0.15, 0.2) is 48.0 Å². The number of methoxy groups -OCH3 is 1. The standard InChI is InChI=1S/C31H43N3O3/c1-7-8-9-10-15-24(4)37-33-30(35)19-14-11-16-25-22-26(20-21-29(25)36-6)34(5)31(23(2)3)27-17-12-13-18-28(27)32/h12-13,17-18,20-22,24H,7-10,14-15,19,32H2,1-6H3,(H,33,35). The van der Waals surface area contributed by atoms with Crippen molar-refractivity contribution < 1.29 is 14.4 Å². The van der Waals surface area contributed by atoms with E-state index in [1.165, 1.54) is 19.3 Å². The number of rotatable bonds is 13. The minimum absolute atomic E-state index is 0.00724. The molecule has 0 bridgehead atoms. The molecule has 200 valence electrons. The second-order valence-electron chi connectivity index (χ2n) is 9.48. The number of carbonyl (C=O) groups excluding carboxylic acids is 1. The van der Waals surface area contributed by atoms with E-state index in [0.29, 0.717) is 12.2 Å². The molecule has 0 aromatic heterocycles. The maximum atomic E-state index is 12.2. The van der Waals surface area contributed by atoms with Crippen LogP contribution < -0.4 is 20.9 Å². The largest absolute Gasteiger partial charge is 0.495 e. The zero-order chi connectivity index (χ0) is 27.2. The molecule has 2 aromatic carbocycles. The monoisotopic (exact) mass is 505 g/mol. The van der Waals surface area contributed by atoms with Crippen LogP contribution in [0.4, 0.5) is 11.4 Å². The zero-order valence-electron chi connectivity index (χ0n) is 23.3. The van der Waals surface area contributed by atoms with Crippen LogP contribution in [0.2, 0.25) is 0 Å². The predicted octanol–water partition coefficient (Wildman–Crippen LogP) is 6.70. The van der Waals surface area contributed by atoms with Gasteiger partial charge < -0.3 is 15.4 Å². The van der Waals surface area contributed by atoms with Crippen molar-refractivity contribution in [2.24, 2.45) is 0 Å². The normalized spacial score (nSPS) is 11.2. The maximum absolute atomic E-state index is 12.2. The number of hydrogen-bond donors (Lipinski definition) is 2. The van der Waals surface area contributed by atoms with E-state index < -0.39 is 0 Å². The number of carbonyl (C=O) groups is 1. The highest BCUT2D eigenvalue weighted by atomic mass is 16.7. The van der Waals surface area contributed by atoms with E-state index in [0.717, 1.165) is 46.6 Å². The summed E-state index contributed by atoms with van der Waals surface area (Å²) in [7, 11) is 3.65. The highest BCUT2D eigenvalue weighted by Crippen LogP contribution is 2.33. The molecule has 6 nitrogen and oxygen atoms in total. The summed E-state index contributed by atoms with van der Waals surface area (Å²) in [5.74, 6) is 6.81. The third-order valence-electron chi connectivity index (χ3n) is 6.13. The van der Waals surface area contributed by atoms with E-state index in [-0.39, 0.29) is 18.4 Å². The Kier molecular flexibility index (Phi) is 12.6. The van der Waals surface area contributed by atoms with Gasteiger partial charge in [-0.2, -0.15) is 0 Å². The van der Waals surface area contributed by atoms with Crippen molar-refractivity contribution in [2.75, 3.05) is 24.8 Å². The Hall–Kier alpha value is -3.43. The Morgan fingerprint density at radius 3 is 2.57 bits per heavy atom. The van der Waals surface area contributed by atoms with Crippen molar-refractivity contribution >= 4 is 23.0 Å². The molecule has 2 aromatic rings. The van der Waals surface area contributed by atoms with E-state index in [9.17, 15) is 4.79 Å². The van der Waals surface area contributed by atoms with Crippen LogP contribution in [0.3, 0.4) is 0 Å². The lowest BCUT2D eigenvalue weighted by atomic mass is 10.0. The summed E-state index contributed by atoms with van der Waals surface area (Å²) >= 11 is 0. The van der Waals surface area contributed by atoms with Crippen LogP contribution >= 0.6 is 0 Å². The van der Waals surface area contributed by atoms with Crippen molar-refractivity contribution in [3.63, 3.8) is 0 Å². The second-order valence-corrected chi connectivity index (χ2v) is 9.48. The number of amides is 1. The molecular formula is C31H43N3O3. The summed E-state index contributed by atoms with van der Waals surface area (Å²) in [5.41, 5.74) is 14.5. The number of hydrogen-bond acceptors (Lipinski definition) is 5. The van der Waals surface area contributed by atoms with Gasteiger partial charge in [0.2, 0.25) is 5.91 Å². The highest BCUT2D eigenvalue weighted by Gasteiger charge is 2.15. The smallest absolute Gasteiger partial charge is 0.244 e. The number of hydroxylamine groups is 1. The van der Waals surface area contributed by atoms with Crippen molar-refractivity contribution in [2.45, 2.75) is 78.7 Å². The van der Waals surface area contributed by atoms with Gasteiger partial charge >= 0.3 is 0 Å². The summed E-state index contributed by atoms with van der Waals surface area (Å²) in [5, 5.41) is 0. The van der Waals surface area contributed by atoms with E-state index in [1.54, 1.807) is 7.11 Å². The summed E-state index contributed by atoms with van der Waals surface area (Å²) in [6.45, 7) is 8.32. The average molecular weight is 506 g/mol. The van der Waals surface area contributed by atoms with E-state index in [1.807, 2.05) is 56.4 Å². The molecule has 0 saturated carbocycles. The summed E-state index contributed by atoms with van der Waals surface area (Å²) in [4.78, 5) is 19.7. The number of nitrogens with two attached hydrogens (primary N) is 1. The molecule has 0 spiro atoms. The fraction of sp³-hybridized carbons (Fsp3) is 0.452. The third-order valence-corrected chi connectivity index (χ3v) is 6.13. The molecule has 6 heteroatoms. The number of nitrogens with zero attached hydrogens (tertiary/aromatic N) is 1. The Morgan fingerprint density at radius 2 is 1.89 bits per heavy atom. The van der Waals surface area contributed by atoms with Gasteiger partial charge in [0, 0.05) is 42.5 Å². The van der Waals surface area contributed by atoms with Gasteiger partial charge in [0.1, 0.15) is 5.75 Å². The number of unbranched alkanes of at least 4 members (excludes halogenated alkanes) is 3. The van der Waals surface area contributed by atoms with Gasteiger partial charge in [-0.15, -0.1) is 0 Å². The lowest BCUT2D eigenvalue weighted by Gasteiger charge is -2.26. The maximum Gasteiger partial charge on any atom is 0.244 e. The number of benzene rings is 2. The van der Waals surface area contributed by atoms with Crippen LogP contribution in [-0.2, 0) is 9.63 Å². The molecule has 0 aliphatic heterocycles. The first-order chi connectivity index (χ1) is 17.8. The summed E-state index contributed by atoms with van der Waals surface area (Å²) in [6.07, 6.45) is 6.39. The molecule has 3 N–H and O–H groups in total. The van der Waals surface area contributed by atoms with Gasteiger partial charge in [0.25, 0.3) is 0 Å². The number of anilines is 2. The van der Waals surface area contributed by atoms with Crippen molar-refractivity contribution in [1.29, 1.82) is 0 Å². The van der Waals surface area contributed by atoms with Gasteiger partial charge in [-0.3, -0.25) is 9.63 Å². The van der Waals surface area contributed by atoms with Gasteiger partial charge in [0.15, 0.2) is 0 Å². The number of nitrogens with one attached hydrogen (secondary N) is 1. The predicted molar refractivity (Wildman–Crippen MR) is 154 cm³/mol. The minimum atomic E-state index is -0.163. The van der Waals surface area contributed by atoms with Crippen LogP contribution in [0.25, 0.3) is 5.70 Å². The Labute approximate surface area is 223 Å². The third kappa shape index (κ3) is 9.51. The highest BCUT2D eigenvalue weighted by molar-refractivity contribution is 5.86. The number of para-hydroxylation sites is 1. The summed E-state index contributed by atoms with van der Waals surface area (Å²) < 4.78 is 5.53. The quantitative estimate of drug-likeness (QED) is 0.137. The Balaban J connectivity index is 2.03. The van der Waals surface area contributed by atoms with Crippen molar-refractivity contribution in [1.82, 2.24) is 5.48 Å². The fourth-order valence-corrected chi connectivity index (χ4v) is 4.10. The van der Waals surface area contributed by atoms with E-state index in [4.69, 9.17) is 15.3 Å². The molecule has 2 rings (SSSR count). The zero-order valence-corrected chi connectivity index (χ0v) is 23.3. The fourth-order valence-electron chi connectivity index (χ4n) is 4.10. The molecule has 0 aliphatic rings. The van der Waals surface area contributed by atoms with Crippen LogP contribution in [-0.4, -0.2) is 26.2 Å². The molecule has 0 aliphatic carbocycles. The van der Waals surface area contributed by atoms with Gasteiger partial charge in [-0.1, -0.05) is 68.2 Å². The van der Waals surface area contributed by atoms with Gasteiger partial charge in [0.05, 0.1) is 18.8 Å². The van der Waals surface area contributed by atoms with Crippen molar-refractivity contribution in [3.8, 4) is 17.6 Å². The molecule has 1 atom stereocenters. The van der Waals surface area contributed by atoms with Crippen LogP contribution in [0, 0.1) is 11.8 Å². The van der Waals surface area contributed by atoms with Crippen molar-refractivity contribution in [3.05, 3.63) is 59.2 Å². The summed E-state index contributed by atoms with van der Waals surface area (Å²) in [6, 6.07) is 13.8. The molecule has 0 fully saturated rings. The molecule has 1 amide bonds. The average Bonchev–Trinajstić information content (AvgIpc) is 2.88. The molecule has 0 heterocycles. The Bertz CT molecular complexity index is 1110. The van der Waals surface area contributed by atoms with Crippen LogP contribution in [0.1, 0.15) is 83.8 Å². The minimum Gasteiger partial charge on any atom is -0.495 e. The van der Waals surface area contributed by atoms with Gasteiger partial charge in [-0.25, -0.2) is 5.48 Å². The lowest BCUT2D eigenvalue weighted by molar-refractivity contribution is -0.137. The molecule has 0 radical (unpaired) electrons.